The highest BCUT2D eigenvalue weighted by molar-refractivity contribution is 5.53. The Morgan fingerprint density at radius 1 is 1.14 bits per heavy atom. The number of benzene rings is 1. The van der Waals surface area contributed by atoms with Crippen molar-refractivity contribution in [2.45, 2.75) is 26.9 Å². The Hall–Kier alpha value is -2.62. The molecule has 28 heavy (non-hydrogen) atoms. The number of nitriles is 1. The van der Waals surface area contributed by atoms with Crippen LogP contribution in [0, 0.1) is 32.1 Å². The van der Waals surface area contributed by atoms with Crippen LogP contribution in [-0.2, 0) is 0 Å². The number of β-amino-alcohol motifs (C(OH)–C–C–N with tert-alkyl or cyclic N) is 1. The maximum atomic E-state index is 10.4. The Bertz CT molecular complexity index is 854. The van der Waals surface area contributed by atoms with Gasteiger partial charge in [-0.15, -0.1) is 0 Å². The lowest BCUT2D eigenvalue weighted by Gasteiger charge is -2.36. The van der Waals surface area contributed by atoms with E-state index in [4.69, 9.17) is 4.74 Å². The summed E-state index contributed by atoms with van der Waals surface area (Å²) in [5, 5.41) is 19.7. The third-order valence-electron chi connectivity index (χ3n) is 5.34. The van der Waals surface area contributed by atoms with Gasteiger partial charge in [0, 0.05) is 38.9 Å². The molecule has 0 amide bonds. The van der Waals surface area contributed by atoms with Gasteiger partial charge in [0.2, 0.25) is 0 Å². The topological polar surface area (TPSA) is 72.6 Å². The first kappa shape index (κ1) is 20.1. The zero-order valence-electron chi connectivity index (χ0n) is 16.9. The number of ether oxygens (including phenoxy) is 1. The van der Waals surface area contributed by atoms with Crippen LogP contribution >= 0.6 is 0 Å². The van der Waals surface area contributed by atoms with Crippen molar-refractivity contribution in [3.63, 3.8) is 0 Å². The molecule has 1 aliphatic heterocycles. The first-order valence-corrected chi connectivity index (χ1v) is 9.69. The van der Waals surface area contributed by atoms with Crippen molar-refractivity contribution in [1.82, 2.24) is 9.88 Å². The van der Waals surface area contributed by atoms with Gasteiger partial charge < -0.3 is 14.7 Å². The molecule has 1 atom stereocenters. The van der Waals surface area contributed by atoms with Crippen LogP contribution in [0.15, 0.2) is 30.5 Å². The van der Waals surface area contributed by atoms with E-state index in [0.717, 1.165) is 48.9 Å². The molecule has 0 aliphatic carbocycles. The first-order valence-electron chi connectivity index (χ1n) is 9.69. The summed E-state index contributed by atoms with van der Waals surface area (Å²) < 4.78 is 5.94. The summed E-state index contributed by atoms with van der Waals surface area (Å²) in [4.78, 5) is 8.73. The molecule has 0 bridgehead atoms. The molecule has 0 saturated carbocycles. The molecule has 2 heterocycles. The van der Waals surface area contributed by atoms with Gasteiger partial charge in [0.1, 0.15) is 30.3 Å². The molecule has 1 aliphatic rings. The minimum absolute atomic E-state index is 0.282. The highest BCUT2D eigenvalue weighted by Gasteiger charge is 2.22. The number of nitrogens with zero attached hydrogens (tertiary/aromatic N) is 4. The largest absolute Gasteiger partial charge is 0.490 e. The van der Waals surface area contributed by atoms with Crippen LogP contribution in [0.5, 0.6) is 5.75 Å². The fourth-order valence-electron chi connectivity index (χ4n) is 3.56. The second-order valence-corrected chi connectivity index (χ2v) is 7.39. The smallest absolute Gasteiger partial charge is 0.146 e. The van der Waals surface area contributed by atoms with E-state index in [0.29, 0.717) is 12.1 Å². The molecule has 1 N–H and O–H groups in total. The number of anilines is 1. The average Bonchev–Trinajstić information content (AvgIpc) is 2.71. The zero-order chi connectivity index (χ0) is 20.1. The number of aliphatic hydroxyl groups is 1. The lowest BCUT2D eigenvalue weighted by molar-refractivity contribution is 0.0658. The average molecular weight is 380 g/mol. The summed E-state index contributed by atoms with van der Waals surface area (Å²) in [5.74, 6) is 1.63. The van der Waals surface area contributed by atoms with E-state index in [9.17, 15) is 10.4 Å². The number of aliphatic hydroxyl groups excluding tert-OH is 1. The number of pyridine rings is 1. The monoisotopic (exact) mass is 380 g/mol. The summed E-state index contributed by atoms with van der Waals surface area (Å²) in [7, 11) is 0. The molecule has 6 nitrogen and oxygen atoms in total. The van der Waals surface area contributed by atoms with E-state index in [-0.39, 0.29) is 6.61 Å². The van der Waals surface area contributed by atoms with Gasteiger partial charge in [-0.05, 0) is 49.6 Å². The third kappa shape index (κ3) is 4.61. The van der Waals surface area contributed by atoms with Crippen molar-refractivity contribution < 1.29 is 9.84 Å². The van der Waals surface area contributed by atoms with Crippen molar-refractivity contribution in [2.75, 3.05) is 44.2 Å². The van der Waals surface area contributed by atoms with Crippen LogP contribution < -0.4 is 9.64 Å². The molecule has 0 spiro atoms. The van der Waals surface area contributed by atoms with Crippen molar-refractivity contribution in [1.29, 1.82) is 5.26 Å². The summed E-state index contributed by atoms with van der Waals surface area (Å²) in [5.41, 5.74) is 4.02. The van der Waals surface area contributed by atoms with E-state index < -0.39 is 6.10 Å². The SMILES string of the molecule is Cc1ccc(C)c(OCC(O)CN2CCN(c3ncccc3C#N)CC2)c1C. The van der Waals surface area contributed by atoms with E-state index in [1.807, 2.05) is 6.92 Å². The van der Waals surface area contributed by atoms with Gasteiger partial charge >= 0.3 is 0 Å². The summed E-state index contributed by atoms with van der Waals surface area (Å²) in [6.07, 6.45) is 1.18. The fourth-order valence-corrected chi connectivity index (χ4v) is 3.56. The third-order valence-corrected chi connectivity index (χ3v) is 5.34. The van der Waals surface area contributed by atoms with Crippen molar-refractivity contribution in [3.8, 4) is 11.8 Å². The fraction of sp³-hybridized carbons (Fsp3) is 0.455. The van der Waals surface area contributed by atoms with Gasteiger partial charge in [0.25, 0.3) is 0 Å². The standard InChI is InChI=1S/C22H28N4O2/c1-16-6-7-17(2)21(18(16)3)28-15-20(27)14-25-9-11-26(12-10-25)22-19(13-23)5-4-8-24-22/h4-8,20,27H,9-12,14-15H2,1-3H3. The van der Waals surface area contributed by atoms with Crippen LogP contribution in [0.25, 0.3) is 0 Å². The molecule has 1 aromatic carbocycles. The molecular formula is C22H28N4O2. The second-order valence-electron chi connectivity index (χ2n) is 7.39. The summed E-state index contributed by atoms with van der Waals surface area (Å²) in [6, 6.07) is 9.93. The predicted molar refractivity (Wildman–Crippen MR) is 110 cm³/mol. The maximum absolute atomic E-state index is 10.4. The lowest BCUT2D eigenvalue weighted by atomic mass is 10.1. The van der Waals surface area contributed by atoms with Gasteiger partial charge in [-0.25, -0.2) is 4.98 Å². The van der Waals surface area contributed by atoms with Crippen LogP contribution in [0.4, 0.5) is 5.82 Å². The number of rotatable bonds is 6. The molecular weight excluding hydrogens is 352 g/mol. The van der Waals surface area contributed by atoms with Crippen molar-refractivity contribution in [3.05, 3.63) is 52.7 Å². The van der Waals surface area contributed by atoms with Gasteiger partial charge in [0.05, 0.1) is 5.56 Å². The number of hydrogen-bond acceptors (Lipinski definition) is 6. The molecule has 2 aromatic rings. The van der Waals surface area contributed by atoms with E-state index in [2.05, 4.69) is 46.8 Å². The maximum Gasteiger partial charge on any atom is 0.146 e. The quantitative estimate of drug-likeness (QED) is 0.830. The molecule has 1 aromatic heterocycles. The molecule has 6 heteroatoms. The Labute approximate surface area is 167 Å². The predicted octanol–water partition coefficient (Wildman–Crippen LogP) is 2.44. The number of piperazine rings is 1. The number of aryl methyl sites for hydroxylation is 2. The minimum Gasteiger partial charge on any atom is -0.490 e. The highest BCUT2D eigenvalue weighted by atomic mass is 16.5. The van der Waals surface area contributed by atoms with E-state index in [1.54, 1.807) is 18.3 Å². The molecule has 0 radical (unpaired) electrons. The Balaban J connectivity index is 1.50. The molecule has 1 fully saturated rings. The minimum atomic E-state index is -0.546. The highest BCUT2D eigenvalue weighted by Crippen LogP contribution is 2.26. The van der Waals surface area contributed by atoms with Gasteiger partial charge in [-0.2, -0.15) is 5.26 Å². The van der Waals surface area contributed by atoms with Gasteiger partial charge in [0.15, 0.2) is 0 Å². The Morgan fingerprint density at radius 2 is 1.86 bits per heavy atom. The van der Waals surface area contributed by atoms with E-state index in [1.165, 1.54) is 5.56 Å². The van der Waals surface area contributed by atoms with E-state index >= 15 is 0 Å². The summed E-state index contributed by atoms with van der Waals surface area (Å²) >= 11 is 0. The second kappa shape index (κ2) is 9.05. The zero-order valence-corrected chi connectivity index (χ0v) is 16.9. The first-order chi connectivity index (χ1) is 13.5. The van der Waals surface area contributed by atoms with Crippen molar-refractivity contribution >= 4 is 5.82 Å². The molecule has 1 saturated heterocycles. The molecule has 148 valence electrons. The Morgan fingerprint density at radius 3 is 2.57 bits per heavy atom. The lowest BCUT2D eigenvalue weighted by Crippen LogP contribution is -2.49. The Kier molecular flexibility index (Phi) is 6.50. The van der Waals surface area contributed by atoms with Gasteiger partial charge in [-0.1, -0.05) is 12.1 Å². The van der Waals surface area contributed by atoms with Crippen LogP contribution in [-0.4, -0.2) is 60.4 Å². The number of hydrogen-bond donors (Lipinski definition) is 1. The summed E-state index contributed by atoms with van der Waals surface area (Å²) in [6.45, 7) is 10.2. The van der Waals surface area contributed by atoms with Crippen LogP contribution in [0.3, 0.4) is 0 Å². The van der Waals surface area contributed by atoms with Crippen LogP contribution in [0.2, 0.25) is 0 Å². The molecule has 1 unspecified atom stereocenters. The van der Waals surface area contributed by atoms with Gasteiger partial charge in [-0.3, -0.25) is 4.90 Å². The normalized spacial score (nSPS) is 15.9. The van der Waals surface area contributed by atoms with Crippen LogP contribution in [0.1, 0.15) is 22.3 Å². The molecule has 3 rings (SSSR count). The van der Waals surface area contributed by atoms with Crippen molar-refractivity contribution in [2.24, 2.45) is 0 Å². The number of aromatic nitrogens is 1.